The van der Waals surface area contributed by atoms with Crippen molar-refractivity contribution in [1.29, 1.82) is 0 Å². The van der Waals surface area contributed by atoms with Crippen LogP contribution in [0.3, 0.4) is 0 Å². The number of ether oxygens (including phenoxy) is 1. The van der Waals surface area contributed by atoms with Gasteiger partial charge in [-0.3, -0.25) is 4.79 Å². The average Bonchev–Trinajstić information content (AvgIpc) is 3.18. The predicted octanol–water partition coefficient (Wildman–Crippen LogP) is 4.81. The second-order valence-corrected chi connectivity index (χ2v) is 12.6. The Morgan fingerprint density at radius 3 is 2.42 bits per heavy atom. The number of nitrogens with zero attached hydrogens (tertiary/aromatic N) is 2. The van der Waals surface area contributed by atoms with Gasteiger partial charge in [-0.1, -0.05) is 35.9 Å². The number of methoxy groups -OCH3 is 1. The van der Waals surface area contributed by atoms with Crippen LogP contribution in [-0.4, -0.2) is 59.1 Å². The largest absolute Gasteiger partial charge is 0.495 e. The van der Waals surface area contributed by atoms with Crippen LogP contribution in [0.1, 0.15) is 35.1 Å². The standard InChI is InChI=1S/C30H33ClFN3O4S/c1-20-9-10-22(17-21(20)2)40(37,38)35-27-19-28(39-3)25(31)18-24(27)30(29(35)36,23-7-4-5-8-26(23)32)11-6-14-34-15-12-33-13-16-34/h4-5,7-10,17-19,33H,6,11-16H2,1-3H3. The zero-order valence-corrected chi connectivity index (χ0v) is 24.4. The monoisotopic (exact) mass is 585 g/mol. The maximum Gasteiger partial charge on any atom is 0.270 e. The number of benzene rings is 3. The molecule has 1 unspecified atom stereocenters. The molecule has 2 aliphatic rings. The van der Waals surface area contributed by atoms with Crippen molar-refractivity contribution in [3.8, 4) is 5.75 Å². The molecule has 1 amide bonds. The number of aryl methyl sites for hydroxylation is 2. The fourth-order valence-corrected chi connectivity index (χ4v) is 7.57. The molecule has 3 aromatic rings. The maximum atomic E-state index is 15.6. The second kappa shape index (κ2) is 11.1. The molecule has 7 nitrogen and oxygen atoms in total. The number of fused-ring (bicyclic) bond motifs is 1. The summed E-state index contributed by atoms with van der Waals surface area (Å²) < 4.78 is 50.3. The SMILES string of the molecule is COc1cc2c(cc1Cl)C(CCCN1CCNCC1)(c1ccccc1F)C(=O)N2S(=O)(=O)c1ccc(C)c(C)c1. The Hall–Kier alpha value is -2.98. The number of anilines is 1. The van der Waals surface area contributed by atoms with Crippen molar-refractivity contribution >= 4 is 33.2 Å². The number of halogens is 2. The van der Waals surface area contributed by atoms with E-state index in [9.17, 15) is 13.2 Å². The van der Waals surface area contributed by atoms with E-state index in [1.807, 2.05) is 13.8 Å². The van der Waals surface area contributed by atoms with Crippen molar-refractivity contribution in [1.82, 2.24) is 10.2 Å². The van der Waals surface area contributed by atoms with E-state index in [1.54, 1.807) is 36.4 Å². The number of carbonyl (C=O) groups excluding carboxylic acids is 1. The third-order valence-electron chi connectivity index (χ3n) is 8.08. The second-order valence-electron chi connectivity index (χ2n) is 10.4. The van der Waals surface area contributed by atoms with Crippen molar-refractivity contribution in [3.05, 3.63) is 87.7 Å². The summed E-state index contributed by atoms with van der Waals surface area (Å²) >= 11 is 6.57. The molecule has 1 saturated heterocycles. The maximum absolute atomic E-state index is 15.6. The normalized spacial score (nSPS) is 19.6. The number of rotatable bonds is 8. The van der Waals surface area contributed by atoms with Crippen LogP contribution in [0.2, 0.25) is 5.02 Å². The average molecular weight is 586 g/mol. The Bertz CT molecular complexity index is 1560. The number of piperazine rings is 1. The van der Waals surface area contributed by atoms with Gasteiger partial charge in [-0.2, -0.15) is 0 Å². The molecule has 1 N–H and O–H groups in total. The van der Waals surface area contributed by atoms with E-state index in [0.29, 0.717) is 18.5 Å². The number of carbonyl (C=O) groups is 1. The fraction of sp³-hybridized carbons (Fsp3) is 0.367. The van der Waals surface area contributed by atoms with E-state index in [2.05, 4.69) is 10.2 Å². The number of nitrogens with one attached hydrogen (secondary N) is 1. The summed E-state index contributed by atoms with van der Waals surface area (Å²) in [4.78, 5) is 16.9. The van der Waals surface area contributed by atoms with Crippen LogP contribution in [-0.2, 0) is 20.2 Å². The molecule has 212 valence electrons. The molecular weight excluding hydrogens is 553 g/mol. The van der Waals surface area contributed by atoms with Crippen LogP contribution >= 0.6 is 11.6 Å². The van der Waals surface area contributed by atoms with Gasteiger partial charge in [-0.15, -0.1) is 0 Å². The van der Waals surface area contributed by atoms with Crippen LogP contribution in [0.4, 0.5) is 10.1 Å². The highest BCUT2D eigenvalue weighted by atomic mass is 35.5. The van der Waals surface area contributed by atoms with Gasteiger partial charge < -0.3 is 15.0 Å². The van der Waals surface area contributed by atoms with Gasteiger partial charge in [0.1, 0.15) is 17.0 Å². The first-order valence-corrected chi connectivity index (χ1v) is 15.2. The minimum atomic E-state index is -4.37. The number of hydrogen-bond acceptors (Lipinski definition) is 6. The smallest absolute Gasteiger partial charge is 0.270 e. The molecule has 40 heavy (non-hydrogen) atoms. The van der Waals surface area contributed by atoms with E-state index < -0.39 is 27.2 Å². The highest BCUT2D eigenvalue weighted by molar-refractivity contribution is 7.93. The molecule has 3 aromatic carbocycles. The van der Waals surface area contributed by atoms with E-state index in [-0.39, 0.29) is 33.3 Å². The Balaban J connectivity index is 1.70. The zero-order chi connectivity index (χ0) is 28.7. The van der Waals surface area contributed by atoms with Crippen LogP contribution < -0.4 is 14.4 Å². The number of amides is 1. The van der Waals surface area contributed by atoms with E-state index in [1.165, 1.54) is 25.3 Å². The minimum absolute atomic E-state index is 0.0195. The Labute approximate surface area is 239 Å². The lowest BCUT2D eigenvalue weighted by Gasteiger charge is -2.32. The van der Waals surface area contributed by atoms with Gasteiger partial charge in [0.25, 0.3) is 15.9 Å². The van der Waals surface area contributed by atoms with E-state index in [0.717, 1.165) is 41.6 Å². The molecule has 1 fully saturated rings. The minimum Gasteiger partial charge on any atom is -0.495 e. The lowest BCUT2D eigenvalue weighted by Crippen LogP contribution is -2.46. The van der Waals surface area contributed by atoms with Gasteiger partial charge in [0.15, 0.2) is 0 Å². The fourth-order valence-electron chi connectivity index (χ4n) is 5.77. The summed E-state index contributed by atoms with van der Waals surface area (Å²) in [5, 5.41) is 3.53. The van der Waals surface area contributed by atoms with Crippen molar-refractivity contribution in [2.75, 3.05) is 44.1 Å². The lowest BCUT2D eigenvalue weighted by molar-refractivity contribution is -0.121. The quantitative estimate of drug-likeness (QED) is 0.409. The third-order valence-corrected chi connectivity index (χ3v) is 10.1. The lowest BCUT2D eigenvalue weighted by atomic mass is 9.72. The van der Waals surface area contributed by atoms with Crippen LogP contribution in [0.15, 0.2) is 59.5 Å². The van der Waals surface area contributed by atoms with Gasteiger partial charge in [0, 0.05) is 37.8 Å². The molecular formula is C30H33ClFN3O4S. The first-order valence-electron chi connectivity index (χ1n) is 13.3. The molecule has 2 aliphatic heterocycles. The molecule has 10 heteroatoms. The van der Waals surface area contributed by atoms with Crippen molar-refractivity contribution in [2.45, 2.75) is 37.0 Å². The molecule has 1 atom stereocenters. The van der Waals surface area contributed by atoms with E-state index in [4.69, 9.17) is 16.3 Å². The highest BCUT2D eigenvalue weighted by Gasteiger charge is 2.57. The zero-order valence-electron chi connectivity index (χ0n) is 22.8. The molecule has 0 aliphatic carbocycles. The summed E-state index contributed by atoms with van der Waals surface area (Å²) in [5.41, 5.74) is 0.695. The van der Waals surface area contributed by atoms with Gasteiger partial charge in [0.2, 0.25) is 0 Å². The number of sulfonamides is 1. The number of hydrogen-bond donors (Lipinski definition) is 1. The molecule has 2 heterocycles. The molecule has 0 spiro atoms. The van der Waals surface area contributed by atoms with Crippen LogP contribution in [0.25, 0.3) is 0 Å². The van der Waals surface area contributed by atoms with Crippen molar-refractivity contribution < 1.29 is 22.3 Å². The van der Waals surface area contributed by atoms with Gasteiger partial charge in [0.05, 0.1) is 22.7 Å². The van der Waals surface area contributed by atoms with Crippen molar-refractivity contribution in [2.24, 2.45) is 0 Å². The summed E-state index contributed by atoms with van der Waals surface area (Å²) in [5.74, 6) is -1.09. The van der Waals surface area contributed by atoms with Crippen molar-refractivity contribution in [3.63, 3.8) is 0 Å². The van der Waals surface area contributed by atoms with Crippen LogP contribution in [0, 0.1) is 19.7 Å². The molecule has 0 saturated carbocycles. The first kappa shape index (κ1) is 28.5. The molecule has 0 radical (unpaired) electrons. The van der Waals surface area contributed by atoms with E-state index >= 15 is 4.39 Å². The van der Waals surface area contributed by atoms with Gasteiger partial charge >= 0.3 is 0 Å². The third kappa shape index (κ3) is 4.79. The predicted molar refractivity (Wildman–Crippen MR) is 154 cm³/mol. The summed E-state index contributed by atoms with van der Waals surface area (Å²) in [7, 11) is -2.95. The highest BCUT2D eigenvalue weighted by Crippen LogP contribution is 2.53. The van der Waals surface area contributed by atoms with Crippen LogP contribution in [0.5, 0.6) is 5.75 Å². The summed E-state index contributed by atoms with van der Waals surface area (Å²) in [6, 6.07) is 13.9. The Morgan fingerprint density at radius 1 is 1.02 bits per heavy atom. The van der Waals surface area contributed by atoms with Gasteiger partial charge in [-0.25, -0.2) is 17.1 Å². The summed E-state index contributed by atoms with van der Waals surface area (Å²) in [6.07, 6.45) is 0.742. The Morgan fingerprint density at radius 2 is 1.75 bits per heavy atom. The molecule has 0 aromatic heterocycles. The molecule has 5 rings (SSSR count). The first-order chi connectivity index (χ1) is 19.1. The van der Waals surface area contributed by atoms with Gasteiger partial charge in [-0.05, 0) is 74.2 Å². The Kier molecular flexibility index (Phi) is 7.94. The topological polar surface area (TPSA) is 79.0 Å². The molecule has 0 bridgehead atoms. The summed E-state index contributed by atoms with van der Waals surface area (Å²) in [6.45, 7) is 7.87.